The molecule has 1 aromatic heterocycles. The van der Waals surface area contributed by atoms with Gasteiger partial charge in [-0.25, -0.2) is 4.68 Å². The van der Waals surface area contributed by atoms with Crippen LogP contribution in [0.1, 0.15) is 29.4 Å². The van der Waals surface area contributed by atoms with E-state index in [2.05, 4.69) is 10.4 Å². The van der Waals surface area contributed by atoms with Crippen LogP contribution in [-0.4, -0.2) is 29.4 Å². The third-order valence-corrected chi connectivity index (χ3v) is 4.81. The number of nitrogens with one attached hydrogen (secondary N) is 1. The Labute approximate surface area is 177 Å². The van der Waals surface area contributed by atoms with Gasteiger partial charge in [-0.1, -0.05) is 36.4 Å². The Balaban J connectivity index is 1.61. The number of rotatable bonds is 8. The van der Waals surface area contributed by atoms with Crippen molar-refractivity contribution in [1.29, 1.82) is 0 Å². The normalized spacial score (nSPS) is 10.9. The number of benzene rings is 2. The Morgan fingerprint density at radius 3 is 2.60 bits per heavy atom. The van der Waals surface area contributed by atoms with Crippen LogP contribution in [0.3, 0.4) is 0 Å². The van der Waals surface area contributed by atoms with Crippen molar-refractivity contribution in [2.24, 2.45) is 0 Å². The maximum Gasteiger partial charge on any atom is 0.258 e. The van der Waals surface area contributed by atoms with E-state index < -0.39 is 0 Å². The number of carbonyl (C=O) groups is 1. The van der Waals surface area contributed by atoms with Crippen molar-refractivity contribution in [3.05, 3.63) is 77.1 Å². The van der Waals surface area contributed by atoms with Crippen molar-refractivity contribution >= 4 is 12.0 Å². The number of para-hydroxylation sites is 1. The number of carbonyl (C=O) groups excluding carboxylic acids is 1. The van der Waals surface area contributed by atoms with Gasteiger partial charge in [-0.2, -0.15) is 5.10 Å². The minimum absolute atomic E-state index is 0.0930. The summed E-state index contributed by atoms with van der Waals surface area (Å²) in [6.07, 6.45) is 3.92. The molecule has 1 heterocycles. The average Bonchev–Trinajstić information content (AvgIpc) is 3.05. The monoisotopic (exact) mass is 405 g/mol. The maximum absolute atomic E-state index is 12.3. The van der Waals surface area contributed by atoms with E-state index in [4.69, 9.17) is 9.47 Å². The highest BCUT2D eigenvalue weighted by Gasteiger charge is 2.14. The molecule has 6 nitrogen and oxygen atoms in total. The molecule has 0 aliphatic heterocycles. The van der Waals surface area contributed by atoms with Gasteiger partial charge in [-0.15, -0.1) is 0 Å². The molecule has 0 aliphatic rings. The van der Waals surface area contributed by atoms with Crippen molar-refractivity contribution < 1.29 is 14.3 Å². The first-order chi connectivity index (χ1) is 14.5. The highest BCUT2D eigenvalue weighted by molar-refractivity contribution is 5.77. The number of amides is 1. The van der Waals surface area contributed by atoms with E-state index in [1.54, 1.807) is 13.2 Å². The molecule has 6 heteroatoms. The van der Waals surface area contributed by atoms with Crippen molar-refractivity contribution in [1.82, 2.24) is 15.1 Å². The van der Waals surface area contributed by atoms with Crippen LogP contribution in [0.4, 0.5) is 0 Å². The molecule has 2 aromatic carbocycles. The number of allylic oxidation sites excluding steroid dienone is 1. The molecular weight excluding hydrogens is 378 g/mol. The fourth-order valence-corrected chi connectivity index (χ4v) is 3.23. The van der Waals surface area contributed by atoms with Gasteiger partial charge in [0.15, 0.2) is 18.1 Å². The van der Waals surface area contributed by atoms with Gasteiger partial charge in [0.2, 0.25) is 0 Å². The second-order valence-electron chi connectivity index (χ2n) is 6.87. The minimum atomic E-state index is -0.208. The van der Waals surface area contributed by atoms with Gasteiger partial charge in [0, 0.05) is 17.8 Å². The quantitative estimate of drug-likeness (QED) is 0.609. The Morgan fingerprint density at radius 1 is 1.13 bits per heavy atom. The summed E-state index contributed by atoms with van der Waals surface area (Å²) in [7, 11) is 1.58. The van der Waals surface area contributed by atoms with Crippen molar-refractivity contribution in [3.63, 3.8) is 0 Å². The molecule has 0 atom stereocenters. The molecule has 30 heavy (non-hydrogen) atoms. The van der Waals surface area contributed by atoms with E-state index in [1.165, 1.54) is 0 Å². The zero-order valence-corrected chi connectivity index (χ0v) is 17.8. The number of aromatic nitrogens is 2. The number of aryl methyl sites for hydroxylation is 1. The van der Waals surface area contributed by atoms with E-state index in [0.717, 1.165) is 28.2 Å². The lowest BCUT2D eigenvalue weighted by molar-refractivity contribution is -0.123. The molecule has 1 N–H and O–H groups in total. The van der Waals surface area contributed by atoms with Crippen LogP contribution in [0, 0.1) is 13.8 Å². The zero-order valence-electron chi connectivity index (χ0n) is 17.8. The topological polar surface area (TPSA) is 65.4 Å². The molecule has 0 unspecified atom stereocenters. The van der Waals surface area contributed by atoms with Gasteiger partial charge >= 0.3 is 0 Å². The zero-order chi connectivity index (χ0) is 21.5. The first-order valence-corrected chi connectivity index (χ1v) is 9.84. The lowest BCUT2D eigenvalue weighted by Gasteiger charge is -2.12. The molecule has 0 fully saturated rings. The minimum Gasteiger partial charge on any atom is -0.493 e. The van der Waals surface area contributed by atoms with E-state index in [1.807, 2.05) is 80.1 Å². The predicted octanol–water partition coefficient (Wildman–Crippen LogP) is 4.23. The molecule has 0 spiro atoms. The lowest BCUT2D eigenvalue weighted by atomic mass is 10.2. The third-order valence-electron chi connectivity index (χ3n) is 4.81. The molecule has 0 bridgehead atoms. The molecule has 0 aliphatic carbocycles. The van der Waals surface area contributed by atoms with E-state index in [9.17, 15) is 4.79 Å². The number of nitrogens with zero attached hydrogens (tertiary/aromatic N) is 2. The van der Waals surface area contributed by atoms with Crippen molar-refractivity contribution in [2.75, 3.05) is 13.7 Å². The first-order valence-electron chi connectivity index (χ1n) is 9.84. The summed E-state index contributed by atoms with van der Waals surface area (Å²) in [4.78, 5) is 12.3. The number of hydrogen-bond donors (Lipinski definition) is 1. The standard InChI is InChI=1S/C24H27N3O3/c1-5-9-19-12-13-22(23(14-19)29-4)30-16-24(28)25-15-21-17(2)26-27(18(21)3)20-10-7-6-8-11-20/h5-14H,15-16H2,1-4H3,(H,25,28)/b9-5+. The average molecular weight is 405 g/mol. The molecule has 1 amide bonds. The van der Waals surface area contributed by atoms with E-state index >= 15 is 0 Å². The van der Waals surface area contributed by atoms with Crippen LogP contribution in [0.2, 0.25) is 0 Å². The second kappa shape index (κ2) is 9.78. The van der Waals surface area contributed by atoms with E-state index in [-0.39, 0.29) is 12.5 Å². The summed E-state index contributed by atoms with van der Waals surface area (Å²) in [5, 5.41) is 7.53. The van der Waals surface area contributed by atoms with Crippen LogP contribution in [0.25, 0.3) is 11.8 Å². The fraction of sp³-hybridized carbons (Fsp3) is 0.250. The summed E-state index contributed by atoms with van der Waals surface area (Å²) < 4.78 is 12.9. The molecule has 156 valence electrons. The SMILES string of the molecule is C/C=C/c1ccc(OCC(=O)NCc2c(C)nn(-c3ccccc3)c2C)c(OC)c1. The summed E-state index contributed by atoms with van der Waals surface area (Å²) in [5.74, 6) is 0.917. The fourth-order valence-electron chi connectivity index (χ4n) is 3.23. The highest BCUT2D eigenvalue weighted by atomic mass is 16.5. The summed E-state index contributed by atoms with van der Waals surface area (Å²) in [6.45, 7) is 6.20. The maximum atomic E-state index is 12.3. The molecule has 3 aromatic rings. The van der Waals surface area contributed by atoms with Crippen LogP contribution in [0.5, 0.6) is 11.5 Å². The summed E-state index contributed by atoms with van der Waals surface area (Å²) >= 11 is 0. The third kappa shape index (κ3) is 4.89. The smallest absolute Gasteiger partial charge is 0.258 e. The number of hydrogen-bond acceptors (Lipinski definition) is 4. The Bertz CT molecular complexity index is 1040. The first kappa shape index (κ1) is 21.2. The molecule has 3 rings (SSSR count). The Morgan fingerprint density at radius 2 is 1.90 bits per heavy atom. The van der Waals surface area contributed by atoms with Gasteiger partial charge in [-0.3, -0.25) is 4.79 Å². The number of methoxy groups -OCH3 is 1. The predicted molar refractivity (Wildman–Crippen MR) is 118 cm³/mol. The van der Waals surface area contributed by atoms with Crippen molar-refractivity contribution in [2.45, 2.75) is 27.3 Å². The van der Waals surface area contributed by atoms with E-state index in [0.29, 0.717) is 18.0 Å². The highest BCUT2D eigenvalue weighted by Crippen LogP contribution is 2.28. The van der Waals surface area contributed by atoms with Gasteiger partial charge in [0.05, 0.1) is 18.5 Å². The largest absolute Gasteiger partial charge is 0.493 e. The van der Waals surface area contributed by atoms with Crippen molar-refractivity contribution in [3.8, 4) is 17.2 Å². The van der Waals surface area contributed by atoms with Crippen LogP contribution < -0.4 is 14.8 Å². The molecular formula is C24H27N3O3. The molecule has 0 saturated carbocycles. The molecule has 0 saturated heterocycles. The Kier molecular flexibility index (Phi) is 6.91. The van der Waals surface area contributed by atoms with Gasteiger partial charge in [0.25, 0.3) is 5.91 Å². The van der Waals surface area contributed by atoms with Crippen LogP contribution in [-0.2, 0) is 11.3 Å². The second-order valence-corrected chi connectivity index (χ2v) is 6.87. The van der Waals surface area contributed by atoms with Gasteiger partial charge in [0.1, 0.15) is 0 Å². The van der Waals surface area contributed by atoms with Crippen LogP contribution in [0.15, 0.2) is 54.6 Å². The van der Waals surface area contributed by atoms with Gasteiger partial charge in [-0.05, 0) is 50.6 Å². The summed E-state index contributed by atoms with van der Waals surface area (Å²) in [6, 6.07) is 15.5. The number of ether oxygens (including phenoxy) is 2. The summed E-state index contributed by atoms with van der Waals surface area (Å²) in [5.41, 5.74) is 4.89. The lowest BCUT2D eigenvalue weighted by Crippen LogP contribution is -2.28. The van der Waals surface area contributed by atoms with Gasteiger partial charge < -0.3 is 14.8 Å². The van der Waals surface area contributed by atoms with Crippen LogP contribution >= 0.6 is 0 Å². The molecule has 0 radical (unpaired) electrons. The Hall–Kier alpha value is -3.54.